The third-order valence-electron chi connectivity index (χ3n) is 4.56. The number of carbonyl (C=O) groups excluding carboxylic acids is 1. The number of amides is 1. The van der Waals surface area contributed by atoms with E-state index in [2.05, 4.69) is 22.7 Å². The molecule has 0 atom stereocenters. The molecule has 1 fully saturated rings. The normalized spacial score (nSPS) is 16.5. The number of hydrogen-bond acceptors (Lipinski definition) is 4. The third kappa shape index (κ3) is 4.15. The van der Waals surface area contributed by atoms with Gasteiger partial charge in [-0.2, -0.15) is 0 Å². The van der Waals surface area contributed by atoms with Crippen molar-refractivity contribution >= 4 is 24.0 Å². The Morgan fingerprint density at radius 2 is 2.12 bits per heavy atom. The Morgan fingerprint density at radius 1 is 1.38 bits per heavy atom. The van der Waals surface area contributed by atoms with Gasteiger partial charge in [-0.1, -0.05) is 13.0 Å². The van der Waals surface area contributed by atoms with Crippen LogP contribution in [0.25, 0.3) is 5.65 Å². The van der Waals surface area contributed by atoms with E-state index in [0.717, 1.165) is 25.9 Å². The first kappa shape index (κ1) is 18.5. The molecule has 1 aliphatic rings. The lowest BCUT2D eigenvalue weighted by molar-refractivity contribution is -0.121. The van der Waals surface area contributed by atoms with Crippen LogP contribution >= 0.6 is 12.4 Å². The first-order valence-electron chi connectivity index (χ1n) is 8.09. The highest BCUT2D eigenvalue weighted by molar-refractivity contribution is 5.85. The van der Waals surface area contributed by atoms with E-state index in [1.807, 2.05) is 6.07 Å². The molecule has 0 aliphatic carbocycles. The number of rotatable bonds is 5. The van der Waals surface area contributed by atoms with Crippen LogP contribution in [-0.2, 0) is 11.3 Å². The van der Waals surface area contributed by atoms with Crippen molar-refractivity contribution in [3.8, 4) is 0 Å². The first-order chi connectivity index (χ1) is 11.1. The number of halogens is 1. The van der Waals surface area contributed by atoms with E-state index in [9.17, 15) is 9.59 Å². The molecule has 1 saturated heterocycles. The zero-order chi connectivity index (χ0) is 16.3. The van der Waals surface area contributed by atoms with Crippen LogP contribution in [0.3, 0.4) is 0 Å². The van der Waals surface area contributed by atoms with Crippen molar-refractivity contribution < 1.29 is 4.79 Å². The smallest absolute Gasteiger partial charge is 0.350 e. The Hall–Kier alpha value is -1.86. The zero-order valence-corrected chi connectivity index (χ0v) is 14.6. The second kappa shape index (κ2) is 7.81. The molecule has 0 saturated carbocycles. The number of aryl methyl sites for hydroxylation is 1. The van der Waals surface area contributed by atoms with Gasteiger partial charge in [-0.3, -0.25) is 9.20 Å². The minimum absolute atomic E-state index is 0. The van der Waals surface area contributed by atoms with Gasteiger partial charge >= 0.3 is 5.69 Å². The van der Waals surface area contributed by atoms with Gasteiger partial charge in [0.05, 0.1) is 6.54 Å². The van der Waals surface area contributed by atoms with Crippen LogP contribution in [0.15, 0.2) is 29.2 Å². The van der Waals surface area contributed by atoms with Gasteiger partial charge in [0.25, 0.3) is 0 Å². The number of nitrogens with one attached hydrogen (secondary N) is 2. The molecule has 0 bridgehead atoms. The molecule has 1 amide bonds. The largest absolute Gasteiger partial charge is 0.355 e. The number of hydrogen-bond donors (Lipinski definition) is 2. The van der Waals surface area contributed by atoms with Crippen LogP contribution in [0.4, 0.5) is 0 Å². The highest BCUT2D eigenvalue weighted by Gasteiger charge is 2.26. The number of aromatic nitrogens is 3. The van der Waals surface area contributed by atoms with E-state index in [1.54, 1.807) is 18.3 Å². The number of pyridine rings is 1. The Kier molecular flexibility index (Phi) is 6.01. The maximum Gasteiger partial charge on any atom is 0.350 e. The standard InChI is InChI=1S/C16H23N5O2.ClH/c1-16(6-8-17-9-7-16)12-18-14(22)5-11-21-15(23)20-10-3-2-4-13(20)19-21;/h2-4,10,17H,5-9,11-12H2,1H3,(H,18,22);1H. The monoisotopic (exact) mass is 353 g/mol. The molecular formula is C16H24ClN5O2. The molecule has 132 valence electrons. The van der Waals surface area contributed by atoms with Gasteiger partial charge in [0, 0.05) is 19.2 Å². The Bertz CT molecular complexity index is 748. The van der Waals surface area contributed by atoms with Crippen LogP contribution in [-0.4, -0.2) is 39.7 Å². The van der Waals surface area contributed by atoms with E-state index < -0.39 is 0 Å². The Labute approximate surface area is 146 Å². The summed E-state index contributed by atoms with van der Waals surface area (Å²) in [7, 11) is 0. The van der Waals surface area contributed by atoms with Crippen molar-refractivity contribution in [2.75, 3.05) is 19.6 Å². The van der Waals surface area contributed by atoms with Gasteiger partial charge in [0.1, 0.15) is 0 Å². The van der Waals surface area contributed by atoms with Crippen LogP contribution < -0.4 is 16.3 Å². The zero-order valence-electron chi connectivity index (χ0n) is 13.8. The summed E-state index contributed by atoms with van der Waals surface area (Å²) in [6, 6.07) is 5.39. The second-order valence-electron chi connectivity index (χ2n) is 6.52. The van der Waals surface area contributed by atoms with Crippen molar-refractivity contribution in [2.45, 2.75) is 32.7 Å². The second-order valence-corrected chi connectivity index (χ2v) is 6.52. The fourth-order valence-corrected chi connectivity index (χ4v) is 2.93. The Morgan fingerprint density at radius 3 is 2.83 bits per heavy atom. The molecule has 1 aliphatic heterocycles. The summed E-state index contributed by atoms with van der Waals surface area (Å²) >= 11 is 0. The lowest BCUT2D eigenvalue weighted by atomic mass is 9.81. The van der Waals surface area contributed by atoms with Gasteiger partial charge in [0.15, 0.2) is 5.65 Å². The van der Waals surface area contributed by atoms with Gasteiger partial charge < -0.3 is 10.6 Å². The van der Waals surface area contributed by atoms with Crippen molar-refractivity contribution in [2.24, 2.45) is 5.41 Å². The lowest BCUT2D eigenvalue weighted by Crippen LogP contribution is -2.43. The first-order valence-corrected chi connectivity index (χ1v) is 8.09. The quantitative estimate of drug-likeness (QED) is 0.833. The highest BCUT2D eigenvalue weighted by atomic mass is 35.5. The molecule has 3 heterocycles. The minimum atomic E-state index is -0.210. The SMILES string of the molecule is CC1(CNC(=O)CCn2nc3ccccn3c2=O)CCNCC1.Cl. The molecule has 7 nitrogen and oxygen atoms in total. The Balaban J connectivity index is 0.00000208. The molecule has 8 heteroatoms. The summed E-state index contributed by atoms with van der Waals surface area (Å²) in [6.07, 6.45) is 4.08. The summed E-state index contributed by atoms with van der Waals surface area (Å²) < 4.78 is 2.83. The van der Waals surface area contributed by atoms with Gasteiger partial charge in [-0.15, -0.1) is 17.5 Å². The maximum atomic E-state index is 12.1. The van der Waals surface area contributed by atoms with Gasteiger partial charge in [-0.25, -0.2) is 9.48 Å². The summed E-state index contributed by atoms with van der Waals surface area (Å²) in [5.74, 6) is -0.0336. The van der Waals surface area contributed by atoms with Crippen molar-refractivity contribution in [1.29, 1.82) is 0 Å². The lowest BCUT2D eigenvalue weighted by Gasteiger charge is -2.34. The molecule has 0 aromatic carbocycles. The van der Waals surface area contributed by atoms with Gasteiger partial charge in [-0.05, 0) is 43.5 Å². The predicted molar refractivity (Wildman–Crippen MR) is 94.5 cm³/mol. The predicted octanol–water partition coefficient (Wildman–Crippen LogP) is 0.814. The molecule has 2 N–H and O–H groups in total. The van der Waals surface area contributed by atoms with E-state index >= 15 is 0 Å². The molecule has 0 unspecified atom stereocenters. The van der Waals surface area contributed by atoms with Crippen LogP contribution in [0, 0.1) is 5.41 Å². The van der Waals surface area contributed by atoms with E-state index in [-0.39, 0.29) is 35.8 Å². The molecule has 2 aromatic rings. The van der Waals surface area contributed by atoms with Gasteiger partial charge in [0.2, 0.25) is 5.91 Å². The summed E-state index contributed by atoms with van der Waals surface area (Å²) in [5.41, 5.74) is 0.555. The fourth-order valence-electron chi connectivity index (χ4n) is 2.93. The third-order valence-corrected chi connectivity index (χ3v) is 4.56. The topological polar surface area (TPSA) is 80.4 Å². The molecule has 3 rings (SSSR count). The van der Waals surface area contributed by atoms with Crippen LogP contribution in [0.2, 0.25) is 0 Å². The van der Waals surface area contributed by atoms with Crippen molar-refractivity contribution in [1.82, 2.24) is 24.8 Å². The van der Waals surface area contributed by atoms with E-state index in [1.165, 1.54) is 9.08 Å². The number of nitrogens with zero attached hydrogens (tertiary/aromatic N) is 3. The average Bonchev–Trinajstić information content (AvgIpc) is 2.88. The van der Waals surface area contributed by atoms with Crippen LogP contribution in [0.5, 0.6) is 0 Å². The summed E-state index contributed by atoms with van der Waals surface area (Å²) in [4.78, 5) is 24.2. The number of piperidine rings is 1. The fraction of sp³-hybridized carbons (Fsp3) is 0.562. The van der Waals surface area contributed by atoms with Crippen LogP contribution in [0.1, 0.15) is 26.2 Å². The maximum absolute atomic E-state index is 12.1. The molecule has 0 spiro atoms. The van der Waals surface area contributed by atoms with E-state index in [4.69, 9.17) is 0 Å². The summed E-state index contributed by atoms with van der Waals surface area (Å²) in [6.45, 7) is 5.20. The number of carbonyl (C=O) groups is 1. The number of fused-ring (bicyclic) bond motifs is 1. The molecular weight excluding hydrogens is 330 g/mol. The molecule has 0 radical (unpaired) electrons. The molecule has 2 aromatic heterocycles. The highest BCUT2D eigenvalue weighted by Crippen LogP contribution is 2.26. The van der Waals surface area contributed by atoms with Crippen molar-refractivity contribution in [3.63, 3.8) is 0 Å². The van der Waals surface area contributed by atoms with E-state index in [0.29, 0.717) is 18.7 Å². The molecule has 24 heavy (non-hydrogen) atoms. The minimum Gasteiger partial charge on any atom is -0.355 e. The summed E-state index contributed by atoms with van der Waals surface area (Å²) in [5, 5.41) is 10.6. The average molecular weight is 354 g/mol. The van der Waals surface area contributed by atoms with Crippen molar-refractivity contribution in [3.05, 3.63) is 34.9 Å².